The standard InChI is InChI=1S/C10H10F3N/c1-2-3-6-9-8(10(11,12)13)5-4-7-14-9/h4-5,14H,2,7H2,1H3. The van der Waals surface area contributed by atoms with Gasteiger partial charge in [-0.05, 0) is 12.0 Å². The van der Waals surface area contributed by atoms with E-state index in [0.29, 0.717) is 13.0 Å². The van der Waals surface area contributed by atoms with Crippen LogP contribution in [0, 0.1) is 11.8 Å². The molecule has 0 atom stereocenters. The SMILES string of the molecule is CCC#CC1=C(C(F)(F)F)C=CCN1. The molecule has 1 nitrogen and oxygen atoms in total. The third-order valence-corrected chi connectivity index (χ3v) is 1.65. The van der Waals surface area contributed by atoms with Gasteiger partial charge in [-0.2, -0.15) is 13.2 Å². The molecule has 14 heavy (non-hydrogen) atoms. The number of allylic oxidation sites excluding steroid dienone is 3. The van der Waals surface area contributed by atoms with E-state index >= 15 is 0 Å². The highest BCUT2D eigenvalue weighted by Crippen LogP contribution is 2.29. The number of hydrogen-bond acceptors (Lipinski definition) is 1. The van der Waals surface area contributed by atoms with Gasteiger partial charge in [0.05, 0.1) is 11.3 Å². The van der Waals surface area contributed by atoms with Gasteiger partial charge in [-0.1, -0.05) is 18.9 Å². The van der Waals surface area contributed by atoms with E-state index in [1.165, 1.54) is 6.08 Å². The molecule has 0 spiro atoms. The molecule has 0 aliphatic carbocycles. The lowest BCUT2D eigenvalue weighted by Crippen LogP contribution is -2.24. The number of alkyl halides is 3. The van der Waals surface area contributed by atoms with Crippen molar-refractivity contribution in [3.05, 3.63) is 23.4 Å². The summed E-state index contributed by atoms with van der Waals surface area (Å²) >= 11 is 0. The Kier molecular flexibility index (Phi) is 3.23. The number of halogens is 3. The van der Waals surface area contributed by atoms with Crippen molar-refractivity contribution in [2.75, 3.05) is 6.54 Å². The van der Waals surface area contributed by atoms with E-state index < -0.39 is 11.7 Å². The van der Waals surface area contributed by atoms with Crippen LogP contribution in [-0.2, 0) is 0 Å². The summed E-state index contributed by atoms with van der Waals surface area (Å²) < 4.78 is 37.2. The lowest BCUT2D eigenvalue weighted by molar-refractivity contribution is -0.0892. The first kappa shape index (κ1) is 10.7. The molecule has 0 saturated heterocycles. The van der Waals surface area contributed by atoms with Crippen LogP contribution >= 0.6 is 0 Å². The molecular formula is C10H10F3N. The van der Waals surface area contributed by atoms with Gasteiger partial charge in [0.1, 0.15) is 0 Å². The highest BCUT2D eigenvalue weighted by molar-refractivity contribution is 5.42. The zero-order valence-electron chi connectivity index (χ0n) is 7.70. The maximum absolute atomic E-state index is 12.4. The summed E-state index contributed by atoms with van der Waals surface area (Å²) in [5.41, 5.74) is -0.716. The molecule has 0 amide bonds. The van der Waals surface area contributed by atoms with Crippen LogP contribution in [0.25, 0.3) is 0 Å². The molecule has 0 unspecified atom stereocenters. The van der Waals surface area contributed by atoms with Crippen LogP contribution in [0.2, 0.25) is 0 Å². The van der Waals surface area contributed by atoms with Crippen molar-refractivity contribution >= 4 is 0 Å². The van der Waals surface area contributed by atoms with Crippen molar-refractivity contribution in [2.24, 2.45) is 0 Å². The van der Waals surface area contributed by atoms with Gasteiger partial charge in [-0.15, -0.1) is 0 Å². The summed E-state index contributed by atoms with van der Waals surface area (Å²) in [5.74, 6) is 5.09. The van der Waals surface area contributed by atoms with Crippen LogP contribution in [-0.4, -0.2) is 12.7 Å². The molecule has 76 valence electrons. The van der Waals surface area contributed by atoms with Crippen LogP contribution < -0.4 is 5.32 Å². The maximum atomic E-state index is 12.4. The van der Waals surface area contributed by atoms with Crippen molar-refractivity contribution in [3.8, 4) is 11.8 Å². The van der Waals surface area contributed by atoms with E-state index in [4.69, 9.17) is 0 Å². The fourth-order valence-corrected chi connectivity index (χ4v) is 1.04. The molecule has 0 aromatic rings. The highest BCUT2D eigenvalue weighted by atomic mass is 19.4. The van der Waals surface area contributed by atoms with Crippen LogP contribution in [0.3, 0.4) is 0 Å². The normalized spacial score (nSPS) is 16.0. The van der Waals surface area contributed by atoms with E-state index in [0.717, 1.165) is 6.08 Å². The average Bonchev–Trinajstić information content (AvgIpc) is 2.14. The molecule has 1 aliphatic rings. The van der Waals surface area contributed by atoms with Crippen LogP contribution in [0.15, 0.2) is 23.4 Å². The third kappa shape index (κ3) is 2.56. The predicted molar refractivity (Wildman–Crippen MR) is 48.3 cm³/mol. The first-order chi connectivity index (χ1) is 6.55. The molecule has 1 N–H and O–H groups in total. The summed E-state index contributed by atoms with van der Waals surface area (Å²) in [7, 11) is 0. The molecule has 0 radical (unpaired) electrons. The van der Waals surface area contributed by atoms with Crippen molar-refractivity contribution in [1.29, 1.82) is 0 Å². The largest absolute Gasteiger partial charge is 0.419 e. The summed E-state index contributed by atoms with van der Waals surface area (Å²) in [5, 5.41) is 2.61. The molecule has 4 heteroatoms. The highest BCUT2D eigenvalue weighted by Gasteiger charge is 2.35. The molecule has 0 fully saturated rings. The third-order valence-electron chi connectivity index (χ3n) is 1.65. The van der Waals surface area contributed by atoms with E-state index in [-0.39, 0.29) is 5.70 Å². The van der Waals surface area contributed by atoms with Crippen molar-refractivity contribution < 1.29 is 13.2 Å². The first-order valence-corrected chi connectivity index (χ1v) is 4.26. The topological polar surface area (TPSA) is 12.0 Å². The summed E-state index contributed by atoms with van der Waals surface area (Å²) in [6.45, 7) is 2.19. The quantitative estimate of drug-likeness (QED) is 0.593. The number of dihydropyridines is 1. The van der Waals surface area contributed by atoms with Gasteiger partial charge in [0, 0.05) is 13.0 Å². The zero-order valence-corrected chi connectivity index (χ0v) is 7.70. The van der Waals surface area contributed by atoms with E-state index in [2.05, 4.69) is 17.2 Å². The summed E-state index contributed by atoms with van der Waals surface area (Å²) in [6, 6.07) is 0. The lowest BCUT2D eigenvalue weighted by atomic mass is 10.1. The van der Waals surface area contributed by atoms with Gasteiger partial charge in [0.25, 0.3) is 0 Å². The molecule has 1 rings (SSSR count). The second-order valence-electron chi connectivity index (χ2n) is 2.73. The van der Waals surface area contributed by atoms with Crippen molar-refractivity contribution in [3.63, 3.8) is 0 Å². The van der Waals surface area contributed by atoms with Gasteiger partial charge in [-0.25, -0.2) is 0 Å². The molecular weight excluding hydrogens is 191 g/mol. The van der Waals surface area contributed by atoms with Gasteiger partial charge in [0.2, 0.25) is 0 Å². The Balaban J connectivity index is 3.04. The molecule has 0 bridgehead atoms. The van der Waals surface area contributed by atoms with Crippen LogP contribution in [0.1, 0.15) is 13.3 Å². The minimum absolute atomic E-state index is 0.0261. The minimum atomic E-state index is -4.33. The number of nitrogens with one attached hydrogen (secondary N) is 1. The second-order valence-corrected chi connectivity index (χ2v) is 2.73. The Morgan fingerprint density at radius 1 is 1.50 bits per heavy atom. The smallest absolute Gasteiger partial charge is 0.374 e. The Bertz CT molecular complexity index is 326. The van der Waals surface area contributed by atoms with Crippen molar-refractivity contribution in [1.82, 2.24) is 5.32 Å². The molecule has 1 aliphatic heterocycles. The molecule has 0 aromatic heterocycles. The lowest BCUT2D eigenvalue weighted by Gasteiger charge is -2.15. The summed E-state index contributed by atoms with van der Waals surface area (Å²) in [4.78, 5) is 0. The number of rotatable bonds is 0. The maximum Gasteiger partial charge on any atom is 0.419 e. The molecule has 0 saturated carbocycles. The van der Waals surface area contributed by atoms with E-state index in [1.54, 1.807) is 6.92 Å². The summed E-state index contributed by atoms with van der Waals surface area (Å²) in [6.07, 6.45) is -1.29. The minimum Gasteiger partial charge on any atom is -0.374 e. The van der Waals surface area contributed by atoms with Gasteiger partial charge < -0.3 is 5.32 Å². The zero-order chi connectivity index (χ0) is 10.6. The van der Waals surface area contributed by atoms with Gasteiger partial charge >= 0.3 is 6.18 Å². The average molecular weight is 201 g/mol. The molecule has 1 heterocycles. The fraction of sp³-hybridized carbons (Fsp3) is 0.400. The number of hydrogen-bond donors (Lipinski definition) is 1. The van der Waals surface area contributed by atoms with E-state index in [1.807, 2.05) is 0 Å². The van der Waals surface area contributed by atoms with Crippen LogP contribution in [0.4, 0.5) is 13.2 Å². The Hall–Kier alpha value is -1.37. The van der Waals surface area contributed by atoms with E-state index in [9.17, 15) is 13.2 Å². The van der Waals surface area contributed by atoms with Gasteiger partial charge in [-0.3, -0.25) is 0 Å². The fourth-order valence-electron chi connectivity index (χ4n) is 1.04. The van der Waals surface area contributed by atoms with Crippen LogP contribution in [0.5, 0.6) is 0 Å². The molecule has 0 aromatic carbocycles. The predicted octanol–water partition coefficient (Wildman–Crippen LogP) is 2.38. The second kappa shape index (κ2) is 4.23. The first-order valence-electron chi connectivity index (χ1n) is 4.26. The van der Waals surface area contributed by atoms with Crippen molar-refractivity contribution in [2.45, 2.75) is 19.5 Å². The Morgan fingerprint density at radius 3 is 2.79 bits per heavy atom. The van der Waals surface area contributed by atoms with Gasteiger partial charge in [0.15, 0.2) is 0 Å². The Labute approximate surface area is 80.7 Å². The monoisotopic (exact) mass is 201 g/mol. The Morgan fingerprint density at radius 2 is 2.21 bits per heavy atom.